The Hall–Kier alpha value is -5.51. The number of hydrogen-bond acceptors (Lipinski definition) is 8. The fourth-order valence-electron chi connectivity index (χ4n) is 4.62. The fourth-order valence-corrected chi connectivity index (χ4v) is 4.62. The Labute approximate surface area is 268 Å². The average Bonchev–Trinajstić information content (AvgIpc) is 3.02. The van der Waals surface area contributed by atoms with Gasteiger partial charge >= 0.3 is 6.09 Å². The first-order valence-electron chi connectivity index (χ1n) is 15.1. The van der Waals surface area contributed by atoms with Crippen molar-refractivity contribution < 1.29 is 19.1 Å². The van der Waals surface area contributed by atoms with Crippen molar-refractivity contribution in [1.82, 2.24) is 20.3 Å². The first-order chi connectivity index (χ1) is 21.9. The SMILES string of the molecule is CC(C)c1ccc2c(Nc3cc(C(=O)N[C@H](C)c4ccccc4)ccc3Oc3ccc(NC(=O)OC(C)(C)C)cc3)ncnc2n1. The molecule has 0 saturated heterocycles. The molecule has 0 spiro atoms. The third-order valence-corrected chi connectivity index (χ3v) is 6.98. The summed E-state index contributed by atoms with van der Waals surface area (Å²) < 4.78 is 11.6. The number of benzene rings is 3. The first kappa shape index (κ1) is 31.9. The van der Waals surface area contributed by atoms with Crippen molar-refractivity contribution in [3.8, 4) is 11.5 Å². The molecule has 1 atom stereocenters. The van der Waals surface area contributed by atoms with Crippen LogP contribution in [-0.4, -0.2) is 32.6 Å². The number of nitrogens with one attached hydrogen (secondary N) is 3. The number of nitrogens with zero attached hydrogens (tertiary/aromatic N) is 3. The highest BCUT2D eigenvalue weighted by Crippen LogP contribution is 2.35. The standard InChI is InChI=1S/C36H38N6O4/c1-22(2)29-18-17-28-32(41-29)37-21-38-33(28)42-30-20-25(34(43)39-23(3)24-10-8-7-9-11-24)12-19-31(30)45-27-15-13-26(14-16-27)40-35(44)46-36(4,5)6/h7-23H,1-6H3,(H,39,43)(H,40,44)(H,37,38,41,42)/t23-/m1/s1. The maximum absolute atomic E-state index is 13.4. The number of pyridine rings is 1. The van der Waals surface area contributed by atoms with Crippen LogP contribution >= 0.6 is 0 Å². The minimum atomic E-state index is -0.610. The summed E-state index contributed by atoms with van der Waals surface area (Å²) in [7, 11) is 0. The molecular formula is C36H38N6O4. The van der Waals surface area contributed by atoms with Gasteiger partial charge in [0, 0.05) is 16.9 Å². The van der Waals surface area contributed by atoms with E-state index in [1.54, 1.807) is 63.2 Å². The van der Waals surface area contributed by atoms with E-state index in [1.165, 1.54) is 6.33 Å². The van der Waals surface area contributed by atoms with Crippen LogP contribution in [0, 0.1) is 0 Å². The number of hydrogen-bond donors (Lipinski definition) is 3. The van der Waals surface area contributed by atoms with E-state index in [0.29, 0.717) is 39.9 Å². The highest BCUT2D eigenvalue weighted by atomic mass is 16.6. The largest absolute Gasteiger partial charge is 0.455 e. The molecule has 3 N–H and O–H groups in total. The number of rotatable bonds is 9. The molecule has 2 heterocycles. The molecule has 5 rings (SSSR count). The Morgan fingerprint density at radius 3 is 2.28 bits per heavy atom. The van der Waals surface area contributed by atoms with E-state index in [9.17, 15) is 9.59 Å². The minimum absolute atomic E-state index is 0.194. The molecule has 0 aliphatic heterocycles. The molecule has 0 bridgehead atoms. The normalized spacial score (nSPS) is 12.0. The van der Waals surface area contributed by atoms with Crippen molar-refractivity contribution in [2.75, 3.05) is 10.6 Å². The monoisotopic (exact) mass is 618 g/mol. The lowest BCUT2D eigenvalue weighted by atomic mass is 10.1. The van der Waals surface area contributed by atoms with Crippen LogP contribution in [0.15, 0.2) is 91.3 Å². The lowest BCUT2D eigenvalue weighted by molar-refractivity contribution is 0.0635. The van der Waals surface area contributed by atoms with Crippen molar-refractivity contribution in [2.45, 2.75) is 59.1 Å². The van der Waals surface area contributed by atoms with Gasteiger partial charge < -0.3 is 20.1 Å². The third kappa shape index (κ3) is 8.15. The van der Waals surface area contributed by atoms with Crippen LogP contribution in [0.1, 0.15) is 75.1 Å². The molecule has 5 aromatic rings. The van der Waals surface area contributed by atoms with Gasteiger partial charge in [-0.15, -0.1) is 0 Å². The molecule has 46 heavy (non-hydrogen) atoms. The second kappa shape index (κ2) is 13.6. The Kier molecular flexibility index (Phi) is 9.46. The van der Waals surface area contributed by atoms with Crippen molar-refractivity contribution in [3.05, 3.63) is 108 Å². The highest BCUT2D eigenvalue weighted by Gasteiger charge is 2.18. The molecule has 2 aromatic heterocycles. The molecule has 236 valence electrons. The van der Waals surface area contributed by atoms with Crippen molar-refractivity contribution in [2.24, 2.45) is 0 Å². The van der Waals surface area contributed by atoms with E-state index in [1.807, 2.05) is 49.4 Å². The lowest BCUT2D eigenvalue weighted by Gasteiger charge is -2.19. The zero-order chi connectivity index (χ0) is 32.8. The van der Waals surface area contributed by atoms with Crippen LogP contribution in [0.25, 0.3) is 11.0 Å². The smallest absolute Gasteiger partial charge is 0.412 e. The van der Waals surface area contributed by atoms with Crippen molar-refractivity contribution in [1.29, 1.82) is 0 Å². The van der Waals surface area contributed by atoms with Gasteiger partial charge in [0.15, 0.2) is 11.4 Å². The van der Waals surface area contributed by atoms with Crippen LogP contribution in [0.5, 0.6) is 11.5 Å². The summed E-state index contributed by atoms with van der Waals surface area (Å²) in [5.74, 6) is 1.50. The first-order valence-corrected chi connectivity index (χ1v) is 15.1. The van der Waals surface area contributed by atoms with Crippen LogP contribution < -0.4 is 20.7 Å². The van der Waals surface area contributed by atoms with Gasteiger partial charge in [0.2, 0.25) is 0 Å². The van der Waals surface area contributed by atoms with Gasteiger partial charge in [-0.1, -0.05) is 44.2 Å². The molecule has 2 amide bonds. The number of ether oxygens (including phenoxy) is 2. The Bertz CT molecular complexity index is 1840. The van der Waals surface area contributed by atoms with Gasteiger partial charge in [0.25, 0.3) is 5.91 Å². The summed E-state index contributed by atoms with van der Waals surface area (Å²) >= 11 is 0. The van der Waals surface area contributed by atoms with Gasteiger partial charge in [-0.25, -0.2) is 19.7 Å². The number of carbonyl (C=O) groups excluding carboxylic acids is 2. The Morgan fingerprint density at radius 2 is 1.59 bits per heavy atom. The van der Waals surface area contributed by atoms with Gasteiger partial charge in [-0.3, -0.25) is 10.1 Å². The minimum Gasteiger partial charge on any atom is -0.455 e. The van der Waals surface area contributed by atoms with Gasteiger partial charge in [0.1, 0.15) is 23.5 Å². The van der Waals surface area contributed by atoms with Crippen LogP contribution in [-0.2, 0) is 4.74 Å². The van der Waals surface area contributed by atoms with E-state index in [-0.39, 0.29) is 17.9 Å². The molecule has 0 saturated carbocycles. The maximum Gasteiger partial charge on any atom is 0.412 e. The Morgan fingerprint density at radius 1 is 0.848 bits per heavy atom. The van der Waals surface area contributed by atoms with Gasteiger partial charge in [-0.2, -0.15) is 0 Å². The molecule has 0 aliphatic rings. The van der Waals surface area contributed by atoms with Gasteiger partial charge in [0.05, 0.1) is 17.1 Å². The molecular weight excluding hydrogens is 580 g/mol. The van der Waals surface area contributed by atoms with Crippen LogP contribution in [0.4, 0.5) is 22.0 Å². The average molecular weight is 619 g/mol. The van der Waals surface area contributed by atoms with E-state index < -0.39 is 11.7 Å². The summed E-state index contributed by atoms with van der Waals surface area (Å²) in [4.78, 5) is 39.1. The predicted molar refractivity (Wildman–Crippen MR) is 180 cm³/mol. The molecule has 0 aliphatic carbocycles. The Balaban J connectivity index is 1.43. The van der Waals surface area contributed by atoms with E-state index in [4.69, 9.17) is 14.5 Å². The highest BCUT2D eigenvalue weighted by molar-refractivity contribution is 5.97. The zero-order valence-corrected chi connectivity index (χ0v) is 26.8. The van der Waals surface area contributed by atoms with Crippen molar-refractivity contribution in [3.63, 3.8) is 0 Å². The lowest BCUT2D eigenvalue weighted by Crippen LogP contribution is -2.27. The maximum atomic E-state index is 13.4. The number of amides is 2. The second-order valence-corrected chi connectivity index (χ2v) is 12.2. The topological polar surface area (TPSA) is 127 Å². The number of aromatic nitrogens is 3. The third-order valence-electron chi connectivity index (χ3n) is 6.98. The van der Waals surface area contributed by atoms with E-state index >= 15 is 0 Å². The molecule has 0 fully saturated rings. The fraction of sp³-hybridized carbons (Fsp3) is 0.250. The van der Waals surface area contributed by atoms with Gasteiger partial charge in [-0.05, 0) is 93.8 Å². The van der Waals surface area contributed by atoms with Crippen LogP contribution in [0.3, 0.4) is 0 Å². The zero-order valence-electron chi connectivity index (χ0n) is 26.8. The quantitative estimate of drug-likeness (QED) is 0.150. The molecule has 3 aromatic carbocycles. The summed E-state index contributed by atoms with van der Waals surface area (Å²) in [6.07, 6.45) is 0.909. The summed E-state index contributed by atoms with van der Waals surface area (Å²) in [6.45, 7) is 11.5. The summed E-state index contributed by atoms with van der Waals surface area (Å²) in [5, 5.41) is 9.86. The van der Waals surface area contributed by atoms with Crippen molar-refractivity contribution >= 4 is 40.2 Å². The predicted octanol–water partition coefficient (Wildman–Crippen LogP) is 8.52. The van der Waals surface area contributed by atoms with E-state index in [2.05, 4.69) is 39.8 Å². The summed E-state index contributed by atoms with van der Waals surface area (Å²) in [6, 6.07) is 25.5. The number of carbonyl (C=O) groups is 2. The molecule has 0 radical (unpaired) electrons. The van der Waals surface area contributed by atoms with Crippen LogP contribution in [0.2, 0.25) is 0 Å². The van der Waals surface area contributed by atoms with E-state index in [0.717, 1.165) is 16.6 Å². The molecule has 0 unspecified atom stereocenters. The summed E-state index contributed by atoms with van der Waals surface area (Å²) in [5.41, 5.74) is 3.39. The number of anilines is 3. The second-order valence-electron chi connectivity index (χ2n) is 12.2. The molecule has 10 nitrogen and oxygen atoms in total. The number of fused-ring (bicyclic) bond motifs is 1. The molecule has 10 heteroatoms.